The Bertz CT molecular complexity index is 943. The van der Waals surface area contributed by atoms with Crippen molar-refractivity contribution in [3.05, 3.63) is 34.9 Å². The number of carbonyl (C=O) groups excluding carboxylic acids is 3. The van der Waals surface area contributed by atoms with E-state index in [4.69, 9.17) is 4.74 Å². The number of ether oxygens (including phenoxy) is 1. The van der Waals surface area contributed by atoms with Gasteiger partial charge in [0.05, 0.1) is 0 Å². The van der Waals surface area contributed by atoms with Gasteiger partial charge in [0.15, 0.2) is 0 Å². The van der Waals surface area contributed by atoms with E-state index in [-0.39, 0.29) is 29.7 Å². The van der Waals surface area contributed by atoms with Crippen LogP contribution in [-0.2, 0) is 14.3 Å². The highest BCUT2D eigenvalue weighted by molar-refractivity contribution is 5.93. The third kappa shape index (κ3) is 7.97. The molecule has 0 saturated heterocycles. The molecule has 0 bridgehead atoms. The molecule has 4 atom stereocenters. The average Bonchev–Trinajstić information content (AvgIpc) is 3.37. The van der Waals surface area contributed by atoms with E-state index in [1.165, 1.54) is 0 Å². The summed E-state index contributed by atoms with van der Waals surface area (Å²) in [5.41, 5.74) is 1.68. The minimum absolute atomic E-state index is 0.0828. The fourth-order valence-electron chi connectivity index (χ4n) is 4.27. The van der Waals surface area contributed by atoms with Crippen LogP contribution in [0.2, 0.25) is 0 Å². The van der Waals surface area contributed by atoms with Crippen molar-refractivity contribution < 1.29 is 19.1 Å². The monoisotopic (exact) mass is 487 g/mol. The number of hydrogen-bond acceptors (Lipinski definition) is 4. The smallest absolute Gasteiger partial charge is 0.408 e. The third-order valence-corrected chi connectivity index (χ3v) is 6.03. The van der Waals surface area contributed by atoms with E-state index in [0.717, 1.165) is 23.1 Å². The Morgan fingerprint density at radius 3 is 2.06 bits per heavy atom. The largest absolute Gasteiger partial charge is 0.444 e. The molecule has 35 heavy (non-hydrogen) atoms. The maximum absolute atomic E-state index is 14.2. The quantitative estimate of drug-likeness (QED) is 0.564. The summed E-state index contributed by atoms with van der Waals surface area (Å²) in [6, 6.07) is 4.23. The molecule has 3 amide bonds. The van der Waals surface area contributed by atoms with Crippen LogP contribution in [-0.4, -0.2) is 46.0 Å². The van der Waals surface area contributed by atoms with E-state index in [9.17, 15) is 14.4 Å². The van der Waals surface area contributed by atoms with Crippen LogP contribution < -0.4 is 10.6 Å². The van der Waals surface area contributed by atoms with E-state index in [0.29, 0.717) is 0 Å². The molecular weight excluding hydrogens is 442 g/mol. The molecule has 1 aliphatic carbocycles. The predicted molar refractivity (Wildman–Crippen MR) is 139 cm³/mol. The lowest BCUT2D eigenvalue weighted by Crippen LogP contribution is -2.57. The zero-order chi connectivity index (χ0) is 26.9. The second-order valence-electron chi connectivity index (χ2n) is 12.4. The Labute approximate surface area is 211 Å². The summed E-state index contributed by atoms with van der Waals surface area (Å²) < 4.78 is 5.44. The van der Waals surface area contributed by atoms with Gasteiger partial charge in [0.2, 0.25) is 11.8 Å². The number of rotatable bonds is 7. The fraction of sp³-hybridized carbons (Fsp3) is 0.679. The van der Waals surface area contributed by atoms with Crippen LogP contribution >= 0.6 is 0 Å². The summed E-state index contributed by atoms with van der Waals surface area (Å²) in [7, 11) is 0. The average molecular weight is 488 g/mol. The molecule has 7 heteroatoms. The SMILES string of the molecule is Cc1ccc(C(C(=O)NC(C)(C)C)N(C(=O)C(NC(=O)OC(C)(C)C)C(C)C)C2CC2C)c(C)c1. The van der Waals surface area contributed by atoms with Crippen molar-refractivity contribution in [2.24, 2.45) is 11.8 Å². The van der Waals surface area contributed by atoms with Crippen LogP contribution in [0.5, 0.6) is 0 Å². The summed E-state index contributed by atoms with van der Waals surface area (Å²) >= 11 is 0. The molecule has 7 nitrogen and oxygen atoms in total. The third-order valence-electron chi connectivity index (χ3n) is 6.03. The Morgan fingerprint density at radius 2 is 1.63 bits per heavy atom. The lowest BCUT2D eigenvalue weighted by atomic mass is 9.94. The molecule has 1 aromatic carbocycles. The molecule has 4 unspecified atom stereocenters. The number of hydrogen-bond donors (Lipinski definition) is 2. The fourth-order valence-corrected chi connectivity index (χ4v) is 4.27. The van der Waals surface area contributed by atoms with Gasteiger partial charge in [-0.1, -0.05) is 44.5 Å². The molecule has 1 aromatic rings. The van der Waals surface area contributed by atoms with E-state index in [1.807, 2.05) is 66.7 Å². The molecule has 1 fully saturated rings. The first kappa shape index (κ1) is 28.7. The molecule has 2 N–H and O–H groups in total. The lowest BCUT2D eigenvalue weighted by molar-refractivity contribution is -0.144. The van der Waals surface area contributed by atoms with Gasteiger partial charge in [-0.2, -0.15) is 0 Å². The van der Waals surface area contributed by atoms with Gasteiger partial charge in [0.1, 0.15) is 17.7 Å². The molecule has 1 saturated carbocycles. The van der Waals surface area contributed by atoms with Crippen LogP contribution in [0.1, 0.15) is 91.5 Å². The first-order valence-electron chi connectivity index (χ1n) is 12.6. The van der Waals surface area contributed by atoms with Crippen molar-refractivity contribution in [2.45, 2.75) is 112 Å². The molecular formula is C28H45N3O4. The topological polar surface area (TPSA) is 87.7 Å². The number of nitrogens with zero attached hydrogens (tertiary/aromatic N) is 1. The van der Waals surface area contributed by atoms with Crippen molar-refractivity contribution >= 4 is 17.9 Å². The van der Waals surface area contributed by atoms with Gasteiger partial charge < -0.3 is 20.3 Å². The van der Waals surface area contributed by atoms with Crippen LogP contribution in [0, 0.1) is 25.7 Å². The molecule has 0 aliphatic heterocycles. The van der Waals surface area contributed by atoms with Crippen molar-refractivity contribution in [1.82, 2.24) is 15.5 Å². The first-order chi connectivity index (χ1) is 15.9. The Morgan fingerprint density at radius 1 is 1.06 bits per heavy atom. The van der Waals surface area contributed by atoms with Gasteiger partial charge in [-0.15, -0.1) is 0 Å². The number of alkyl carbamates (subject to hydrolysis) is 1. The number of aryl methyl sites for hydroxylation is 2. The van der Waals surface area contributed by atoms with Crippen molar-refractivity contribution in [3.8, 4) is 0 Å². The second-order valence-corrected chi connectivity index (χ2v) is 12.4. The highest BCUT2D eigenvalue weighted by Gasteiger charge is 2.49. The van der Waals surface area contributed by atoms with Gasteiger partial charge in [-0.25, -0.2) is 4.79 Å². The van der Waals surface area contributed by atoms with Gasteiger partial charge in [-0.3, -0.25) is 9.59 Å². The zero-order valence-electron chi connectivity index (χ0n) is 23.4. The van der Waals surface area contributed by atoms with Gasteiger partial charge >= 0.3 is 6.09 Å². The van der Waals surface area contributed by atoms with Crippen LogP contribution in [0.15, 0.2) is 18.2 Å². The molecule has 196 valence electrons. The van der Waals surface area contributed by atoms with Gasteiger partial charge in [0, 0.05) is 11.6 Å². The number of carbonyl (C=O) groups is 3. The highest BCUT2D eigenvalue weighted by Crippen LogP contribution is 2.41. The number of benzene rings is 1. The van der Waals surface area contributed by atoms with Crippen LogP contribution in [0.25, 0.3) is 0 Å². The summed E-state index contributed by atoms with van der Waals surface area (Å²) in [6.07, 6.45) is 0.170. The van der Waals surface area contributed by atoms with Crippen molar-refractivity contribution in [2.75, 3.05) is 0 Å². The summed E-state index contributed by atoms with van der Waals surface area (Å²) in [5, 5.41) is 5.87. The predicted octanol–water partition coefficient (Wildman–Crippen LogP) is 5.05. The lowest BCUT2D eigenvalue weighted by Gasteiger charge is -2.38. The maximum Gasteiger partial charge on any atom is 0.408 e. The molecule has 2 rings (SSSR count). The first-order valence-corrected chi connectivity index (χ1v) is 12.6. The van der Waals surface area contributed by atoms with Crippen LogP contribution in [0.4, 0.5) is 4.79 Å². The summed E-state index contributed by atoms with van der Waals surface area (Å²) in [6.45, 7) is 21.0. The van der Waals surface area contributed by atoms with Crippen molar-refractivity contribution in [3.63, 3.8) is 0 Å². The Kier molecular flexibility index (Phi) is 8.67. The maximum atomic E-state index is 14.2. The molecule has 0 spiro atoms. The summed E-state index contributed by atoms with van der Waals surface area (Å²) in [4.78, 5) is 42.3. The van der Waals surface area contributed by atoms with Gasteiger partial charge in [0.25, 0.3) is 0 Å². The number of nitrogens with one attached hydrogen (secondary N) is 2. The van der Waals surface area contributed by atoms with E-state index >= 15 is 0 Å². The minimum atomic E-state index is -0.826. The minimum Gasteiger partial charge on any atom is -0.444 e. The Hall–Kier alpha value is -2.57. The zero-order valence-corrected chi connectivity index (χ0v) is 23.4. The Balaban J connectivity index is 2.55. The highest BCUT2D eigenvalue weighted by atomic mass is 16.6. The number of amides is 3. The molecule has 0 radical (unpaired) electrons. The van der Waals surface area contributed by atoms with Crippen LogP contribution in [0.3, 0.4) is 0 Å². The summed E-state index contributed by atoms with van der Waals surface area (Å²) in [5.74, 6) is -0.424. The van der Waals surface area contributed by atoms with Gasteiger partial charge in [-0.05, 0) is 84.8 Å². The molecule has 0 heterocycles. The second kappa shape index (κ2) is 10.6. The normalized spacial score (nSPS) is 19.5. The molecule has 0 aromatic heterocycles. The van der Waals surface area contributed by atoms with E-state index in [1.54, 1.807) is 25.7 Å². The van der Waals surface area contributed by atoms with E-state index in [2.05, 4.69) is 17.6 Å². The van der Waals surface area contributed by atoms with E-state index < -0.39 is 29.3 Å². The standard InChI is InChI=1S/C28H45N3O4/c1-16(2)22(29-26(34)35-28(9,10)11)25(33)31(21-15-19(21)5)23(24(32)30-27(6,7)8)20-13-12-17(3)14-18(20)4/h12-14,16,19,21-23H,15H2,1-11H3,(H,29,34)(H,30,32). The molecule has 1 aliphatic rings. The van der Waals surface area contributed by atoms with Crippen molar-refractivity contribution in [1.29, 1.82) is 0 Å².